The fourth-order valence-electron chi connectivity index (χ4n) is 3.28. The number of amides is 4. The van der Waals surface area contributed by atoms with Gasteiger partial charge in [-0.1, -0.05) is 24.3 Å². The molecule has 2 unspecified atom stereocenters. The first-order valence-electron chi connectivity index (χ1n) is 11.2. The summed E-state index contributed by atoms with van der Waals surface area (Å²) in [6.45, 7) is 16.2. The van der Waals surface area contributed by atoms with Gasteiger partial charge in [0.25, 0.3) is 0 Å². The molecular formula is C25H38N4O5. The number of ether oxygens (including phenoxy) is 1. The zero-order valence-corrected chi connectivity index (χ0v) is 21.2. The molecule has 0 aliphatic heterocycles. The normalized spacial score (nSPS) is 12.9. The third-order valence-electron chi connectivity index (χ3n) is 4.84. The minimum atomic E-state index is -1.33. The van der Waals surface area contributed by atoms with Crippen molar-refractivity contribution in [2.45, 2.75) is 78.6 Å². The summed E-state index contributed by atoms with van der Waals surface area (Å²) < 4.78 is 5.24. The van der Waals surface area contributed by atoms with E-state index in [-0.39, 0.29) is 12.6 Å². The minimum absolute atomic E-state index is 0.00675. The number of nitrogens with zero attached hydrogens (tertiary/aromatic N) is 1. The molecule has 0 spiro atoms. The van der Waals surface area contributed by atoms with Gasteiger partial charge < -0.3 is 26.0 Å². The Bertz CT molecular complexity index is 920. The predicted octanol–water partition coefficient (Wildman–Crippen LogP) is 2.65. The topological polar surface area (TPSA) is 131 Å². The van der Waals surface area contributed by atoms with Crippen LogP contribution in [0.3, 0.4) is 0 Å². The second-order valence-electron chi connectivity index (χ2n) is 9.56. The van der Waals surface area contributed by atoms with Gasteiger partial charge in [-0.3, -0.25) is 14.4 Å². The van der Waals surface area contributed by atoms with Crippen molar-refractivity contribution in [2.75, 3.05) is 6.54 Å². The maximum absolute atomic E-state index is 13.6. The van der Waals surface area contributed by atoms with Crippen molar-refractivity contribution >= 4 is 23.8 Å². The molecular weight excluding hydrogens is 436 g/mol. The number of benzene rings is 1. The Hall–Kier alpha value is -3.36. The first-order valence-corrected chi connectivity index (χ1v) is 11.2. The Kier molecular flexibility index (Phi) is 10.3. The number of hydrogen-bond acceptors (Lipinski definition) is 5. The highest BCUT2D eigenvalue weighted by atomic mass is 16.6. The standard InChI is InChI=1S/C25H38N4O5/c1-9-12-29(23(32)19(14-20(26)30)28-24(33)34-25(6,7)8)21(22(31)27-15(2)3)18-11-10-16(4)17(5)13-18/h9-11,13,15,19,21H,1,12,14H2,2-8H3,(H2,26,30)(H,27,31)(H,28,33). The number of carbonyl (C=O) groups excluding carboxylic acids is 4. The minimum Gasteiger partial charge on any atom is -0.444 e. The van der Waals surface area contributed by atoms with E-state index >= 15 is 0 Å². The quantitative estimate of drug-likeness (QED) is 0.449. The van der Waals surface area contributed by atoms with Gasteiger partial charge in [-0.05, 0) is 65.2 Å². The molecule has 1 rings (SSSR count). The van der Waals surface area contributed by atoms with E-state index in [1.165, 1.54) is 11.0 Å². The summed E-state index contributed by atoms with van der Waals surface area (Å²) in [6.07, 6.45) is 0.139. The summed E-state index contributed by atoms with van der Waals surface area (Å²) in [5.74, 6) is -1.85. The molecule has 9 heteroatoms. The van der Waals surface area contributed by atoms with Crippen molar-refractivity contribution < 1.29 is 23.9 Å². The van der Waals surface area contributed by atoms with E-state index < -0.39 is 47.9 Å². The van der Waals surface area contributed by atoms with E-state index in [1.807, 2.05) is 39.8 Å². The van der Waals surface area contributed by atoms with Crippen LogP contribution in [0.1, 0.15) is 63.8 Å². The fourth-order valence-corrected chi connectivity index (χ4v) is 3.28. The van der Waals surface area contributed by atoms with Gasteiger partial charge in [0, 0.05) is 12.6 Å². The van der Waals surface area contributed by atoms with Crippen LogP contribution in [-0.2, 0) is 19.1 Å². The summed E-state index contributed by atoms with van der Waals surface area (Å²) in [6, 6.07) is 2.96. The van der Waals surface area contributed by atoms with E-state index in [4.69, 9.17) is 10.5 Å². The van der Waals surface area contributed by atoms with Gasteiger partial charge in [0.15, 0.2) is 0 Å². The number of carbonyl (C=O) groups is 4. The summed E-state index contributed by atoms with van der Waals surface area (Å²) in [5, 5.41) is 5.28. The molecule has 0 saturated carbocycles. The summed E-state index contributed by atoms with van der Waals surface area (Å²) in [5.41, 5.74) is 7.11. The molecule has 188 valence electrons. The number of alkyl carbamates (subject to hydrolysis) is 1. The van der Waals surface area contributed by atoms with E-state index in [0.29, 0.717) is 5.56 Å². The number of hydrogen-bond donors (Lipinski definition) is 3. The van der Waals surface area contributed by atoms with Crippen LogP contribution in [0.15, 0.2) is 30.9 Å². The van der Waals surface area contributed by atoms with Crippen LogP contribution in [0.25, 0.3) is 0 Å². The van der Waals surface area contributed by atoms with Gasteiger partial charge in [-0.25, -0.2) is 4.79 Å². The maximum atomic E-state index is 13.6. The number of rotatable bonds is 10. The highest BCUT2D eigenvalue weighted by Crippen LogP contribution is 2.25. The fraction of sp³-hybridized carbons (Fsp3) is 0.520. The number of nitrogens with one attached hydrogen (secondary N) is 2. The van der Waals surface area contributed by atoms with Gasteiger partial charge in [0.2, 0.25) is 17.7 Å². The van der Waals surface area contributed by atoms with Crippen LogP contribution in [0.4, 0.5) is 4.79 Å². The van der Waals surface area contributed by atoms with Crippen LogP contribution >= 0.6 is 0 Å². The van der Waals surface area contributed by atoms with E-state index in [1.54, 1.807) is 26.8 Å². The summed E-state index contributed by atoms with van der Waals surface area (Å²) in [7, 11) is 0. The molecule has 0 aliphatic carbocycles. The van der Waals surface area contributed by atoms with Crippen LogP contribution in [0, 0.1) is 13.8 Å². The molecule has 0 aliphatic rings. The van der Waals surface area contributed by atoms with E-state index in [0.717, 1.165) is 11.1 Å². The van der Waals surface area contributed by atoms with Crippen molar-refractivity contribution in [1.82, 2.24) is 15.5 Å². The van der Waals surface area contributed by atoms with Gasteiger partial charge in [0.05, 0.1) is 6.42 Å². The lowest BCUT2D eigenvalue weighted by molar-refractivity contribution is -0.142. The van der Waals surface area contributed by atoms with Crippen molar-refractivity contribution in [3.05, 3.63) is 47.5 Å². The van der Waals surface area contributed by atoms with Crippen molar-refractivity contribution in [3.63, 3.8) is 0 Å². The average Bonchev–Trinajstić information content (AvgIpc) is 2.66. The lowest BCUT2D eigenvalue weighted by atomic mass is 9.98. The molecule has 1 aromatic carbocycles. The lowest BCUT2D eigenvalue weighted by Gasteiger charge is -2.34. The van der Waals surface area contributed by atoms with Crippen LogP contribution in [0.5, 0.6) is 0 Å². The molecule has 2 atom stereocenters. The van der Waals surface area contributed by atoms with Crippen LogP contribution < -0.4 is 16.4 Å². The molecule has 0 aromatic heterocycles. The van der Waals surface area contributed by atoms with Gasteiger partial charge >= 0.3 is 6.09 Å². The van der Waals surface area contributed by atoms with Crippen LogP contribution in [0.2, 0.25) is 0 Å². The molecule has 0 heterocycles. The van der Waals surface area contributed by atoms with Gasteiger partial charge in [0.1, 0.15) is 17.7 Å². The molecule has 4 amide bonds. The summed E-state index contributed by atoms with van der Waals surface area (Å²) >= 11 is 0. The highest BCUT2D eigenvalue weighted by molar-refractivity contribution is 5.94. The largest absolute Gasteiger partial charge is 0.444 e. The zero-order chi connectivity index (χ0) is 26.2. The third-order valence-corrected chi connectivity index (χ3v) is 4.84. The Morgan fingerprint density at radius 1 is 1.12 bits per heavy atom. The predicted molar refractivity (Wildman–Crippen MR) is 131 cm³/mol. The van der Waals surface area contributed by atoms with E-state index in [2.05, 4.69) is 17.2 Å². The Morgan fingerprint density at radius 3 is 2.21 bits per heavy atom. The van der Waals surface area contributed by atoms with Crippen molar-refractivity contribution in [3.8, 4) is 0 Å². The number of primary amides is 1. The molecule has 0 radical (unpaired) electrons. The van der Waals surface area contributed by atoms with E-state index in [9.17, 15) is 19.2 Å². The molecule has 0 bridgehead atoms. The zero-order valence-electron chi connectivity index (χ0n) is 21.2. The average molecular weight is 475 g/mol. The Morgan fingerprint density at radius 2 is 1.74 bits per heavy atom. The molecule has 0 fully saturated rings. The molecule has 9 nitrogen and oxygen atoms in total. The Balaban J connectivity index is 3.48. The second-order valence-corrected chi connectivity index (χ2v) is 9.56. The molecule has 34 heavy (non-hydrogen) atoms. The lowest BCUT2D eigenvalue weighted by Crippen LogP contribution is -2.54. The van der Waals surface area contributed by atoms with Gasteiger partial charge in [-0.15, -0.1) is 6.58 Å². The first-order chi connectivity index (χ1) is 15.7. The summed E-state index contributed by atoms with van der Waals surface area (Å²) in [4.78, 5) is 52.3. The molecule has 1 aromatic rings. The monoisotopic (exact) mass is 474 g/mol. The number of nitrogens with two attached hydrogens (primary N) is 1. The SMILES string of the molecule is C=CCN(C(=O)C(CC(N)=O)NC(=O)OC(C)(C)C)C(C(=O)NC(C)C)c1ccc(C)c(C)c1. The van der Waals surface area contributed by atoms with Gasteiger partial charge in [-0.2, -0.15) is 0 Å². The van der Waals surface area contributed by atoms with Crippen molar-refractivity contribution in [1.29, 1.82) is 0 Å². The molecule has 0 saturated heterocycles. The number of aryl methyl sites for hydroxylation is 2. The smallest absolute Gasteiger partial charge is 0.408 e. The maximum Gasteiger partial charge on any atom is 0.408 e. The first kappa shape index (κ1) is 28.7. The second kappa shape index (κ2) is 12.2. The van der Waals surface area contributed by atoms with Crippen LogP contribution in [-0.4, -0.2) is 52.9 Å². The molecule has 4 N–H and O–H groups in total. The van der Waals surface area contributed by atoms with Crippen molar-refractivity contribution in [2.24, 2.45) is 5.73 Å². The Labute approximate surface area is 202 Å². The third kappa shape index (κ3) is 8.88. The highest BCUT2D eigenvalue weighted by Gasteiger charge is 2.36.